The van der Waals surface area contributed by atoms with Crippen LogP contribution in [0.4, 0.5) is 0 Å². The average molecular weight is 306 g/mol. The summed E-state index contributed by atoms with van der Waals surface area (Å²) in [5.41, 5.74) is 6.68. The molecule has 0 radical (unpaired) electrons. The Kier molecular flexibility index (Phi) is 6.46. The number of rotatable bonds is 6. The maximum Gasteiger partial charge on any atom is 0.119 e. The second kappa shape index (κ2) is 8.35. The van der Waals surface area contributed by atoms with Gasteiger partial charge in [-0.1, -0.05) is 37.2 Å². The number of nitrogens with two attached hydrogens (primary N) is 1. The van der Waals surface area contributed by atoms with Gasteiger partial charge in [0.25, 0.3) is 0 Å². The van der Waals surface area contributed by atoms with Crippen molar-refractivity contribution in [3.05, 3.63) is 29.8 Å². The molecule has 1 aromatic carbocycles. The Morgan fingerprint density at radius 1 is 1.29 bits per heavy atom. The Morgan fingerprint density at radius 2 is 2.05 bits per heavy atom. The van der Waals surface area contributed by atoms with Crippen molar-refractivity contribution in [1.82, 2.24) is 4.90 Å². The van der Waals surface area contributed by atoms with E-state index in [1.165, 1.54) is 32.2 Å². The van der Waals surface area contributed by atoms with E-state index in [-0.39, 0.29) is 0 Å². The maximum absolute atomic E-state index is 5.85. The second-order valence-corrected chi connectivity index (χ2v) is 6.39. The Morgan fingerprint density at radius 3 is 2.76 bits per heavy atom. The van der Waals surface area contributed by atoms with Crippen molar-refractivity contribution in [3.8, 4) is 5.75 Å². The van der Waals surface area contributed by atoms with Crippen molar-refractivity contribution < 1.29 is 4.74 Å². The summed E-state index contributed by atoms with van der Waals surface area (Å²) >= 11 is 4.92. The molecule has 1 unspecified atom stereocenters. The van der Waals surface area contributed by atoms with E-state index in [4.69, 9.17) is 22.7 Å². The molecule has 0 saturated carbocycles. The Bertz CT molecular complexity index is 447. The summed E-state index contributed by atoms with van der Waals surface area (Å²) in [6, 6.07) is 8.74. The van der Waals surface area contributed by atoms with Crippen molar-refractivity contribution in [2.45, 2.75) is 45.1 Å². The summed E-state index contributed by atoms with van der Waals surface area (Å²) in [6.07, 6.45) is 6.02. The zero-order valence-corrected chi connectivity index (χ0v) is 13.7. The summed E-state index contributed by atoms with van der Waals surface area (Å²) in [6.45, 7) is 5.29. The third-order valence-electron chi connectivity index (χ3n) is 4.14. The SMILES string of the molecule is CC1CCCCCN1CCOc1ccc(CC(N)=S)cc1. The maximum atomic E-state index is 5.85. The second-order valence-electron chi connectivity index (χ2n) is 5.87. The molecular weight excluding hydrogens is 280 g/mol. The van der Waals surface area contributed by atoms with Crippen LogP contribution in [-0.2, 0) is 6.42 Å². The first kappa shape index (κ1) is 16.2. The fourth-order valence-electron chi connectivity index (χ4n) is 2.85. The highest BCUT2D eigenvalue weighted by molar-refractivity contribution is 7.80. The van der Waals surface area contributed by atoms with Crippen molar-refractivity contribution in [2.75, 3.05) is 19.7 Å². The van der Waals surface area contributed by atoms with Crippen LogP contribution in [0.3, 0.4) is 0 Å². The molecule has 21 heavy (non-hydrogen) atoms. The Hall–Kier alpha value is -1.13. The third kappa shape index (κ3) is 5.64. The monoisotopic (exact) mass is 306 g/mol. The van der Waals surface area contributed by atoms with Crippen LogP contribution in [0, 0.1) is 0 Å². The molecule has 1 atom stereocenters. The highest BCUT2D eigenvalue weighted by Gasteiger charge is 2.16. The molecule has 116 valence electrons. The van der Waals surface area contributed by atoms with Gasteiger partial charge in [0.2, 0.25) is 0 Å². The van der Waals surface area contributed by atoms with Gasteiger partial charge >= 0.3 is 0 Å². The zero-order chi connectivity index (χ0) is 15.1. The van der Waals surface area contributed by atoms with Gasteiger partial charge in [-0.05, 0) is 44.0 Å². The molecule has 1 aromatic rings. The molecule has 1 heterocycles. The molecule has 1 fully saturated rings. The highest BCUT2D eigenvalue weighted by atomic mass is 32.1. The van der Waals surface area contributed by atoms with E-state index in [2.05, 4.69) is 11.8 Å². The van der Waals surface area contributed by atoms with Crippen molar-refractivity contribution >= 4 is 17.2 Å². The molecule has 1 aliphatic heterocycles. The van der Waals surface area contributed by atoms with Crippen LogP contribution in [0.15, 0.2) is 24.3 Å². The topological polar surface area (TPSA) is 38.5 Å². The van der Waals surface area contributed by atoms with Gasteiger partial charge < -0.3 is 10.5 Å². The molecule has 2 N–H and O–H groups in total. The van der Waals surface area contributed by atoms with Crippen LogP contribution in [0.2, 0.25) is 0 Å². The summed E-state index contributed by atoms with van der Waals surface area (Å²) in [4.78, 5) is 3.08. The van der Waals surface area contributed by atoms with Crippen molar-refractivity contribution in [1.29, 1.82) is 0 Å². The van der Waals surface area contributed by atoms with E-state index in [0.717, 1.165) is 24.5 Å². The summed E-state index contributed by atoms with van der Waals surface area (Å²) < 4.78 is 5.85. The number of hydrogen-bond donors (Lipinski definition) is 1. The van der Waals surface area contributed by atoms with Gasteiger partial charge in [0.1, 0.15) is 12.4 Å². The molecule has 0 aromatic heterocycles. The first-order valence-electron chi connectivity index (χ1n) is 7.89. The molecule has 0 amide bonds. The lowest BCUT2D eigenvalue weighted by Gasteiger charge is -2.26. The van der Waals surface area contributed by atoms with Gasteiger partial charge in [0, 0.05) is 19.0 Å². The predicted molar refractivity (Wildman–Crippen MR) is 91.9 cm³/mol. The lowest BCUT2D eigenvalue weighted by molar-refractivity contribution is 0.171. The smallest absolute Gasteiger partial charge is 0.119 e. The zero-order valence-electron chi connectivity index (χ0n) is 12.9. The molecule has 4 heteroatoms. The van der Waals surface area contributed by atoms with Crippen LogP contribution >= 0.6 is 12.2 Å². The number of likely N-dealkylation sites (tertiary alicyclic amines) is 1. The van der Waals surface area contributed by atoms with E-state index in [9.17, 15) is 0 Å². The number of nitrogens with zero attached hydrogens (tertiary/aromatic N) is 1. The highest BCUT2D eigenvalue weighted by Crippen LogP contribution is 2.17. The van der Waals surface area contributed by atoms with Gasteiger partial charge in [0.05, 0.1) is 4.99 Å². The quantitative estimate of drug-likeness (QED) is 0.819. The van der Waals surface area contributed by atoms with Crippen LogP contribution in [0.25, 0.3) is 0 Å². The lowest BCUT2D eigenvalue weighted by Crippen LogP contribution is -2.35. The van der Waals surface area contributed by atoms with Gasteiger partial charge in [-0.2, -0.15) is 0 Å². The molecule has 0 bridgehead atoms. The van der Waals surface area contributed by atoms with Gasteiger partial charge in [-0.25, -0.2) is 0 Å². The van der Waals surface area contributed by atoms with Crippen LogP contribution in [-0.4, -0.2) is 35.6 Å². The summed E-state index contributed by atoms with van der Waals surface area (Å²) in [5.74, 6) is 0.921. The standard InChI is InChI=1S/C17H26N2OS/c1-14-5-3-2-4-10-19(14)11-12-20-16-8-6-15(7-9-16)13-17(18)21/h6-9,14H,2-5,10-13H2,1H3,(H2,18,21). The summed E-state index contributed by atoms with van der Waals surface area (Å²) in [5, 5.41) is 0. The largest absolute Gasteiger partial charge is 0.492 e. The minimum absolute atomic E-state index is 0.527. The molecule has 1 saturated heterocycles. The van der Waals surface area contributed by atoms with Crippen LogP contribution in [0.1, 0.15) is 38.2 Å². The van der Waals surface area contributed by atoms with Gasteiger partial charge in [-0.3, -0.25) is 4.90 Å². The fraction of sp³-hybridized carbons (Fsp3) is 0.588. The third-order valence-corrected chi connectivity index (χ3v) is 4.28. The number of ether oxygens (including phenoxy) is 1. The Balaban J connectivity index is 1.76. The minimum Gasteiger partial charge on any atom is -0.492 e. The van der Waals surface area contributed by atoms with E-state index >= 15 is 0 Å². The Labute approximate surface area is 133 Å². The van der Waals surface area contributed by atoms with E-state index in [1.54, 1.807) is 0 Å². The number of benzene rings is 1. The molecule has 3 nitrogen and oxygen atoms in total. The van der Waals surface area contributed by atoms with E-state index in [0.29, 0.717) is 17.5 Å². The van der Waals surface area contributed by atoms with Gasteiger partial charge in [0.15, 0.2) is 0 Å². The normalized spacial score (nSPS) is 20.0. The first-order chi connectivity index (χ1) is 10.1. The van der Waals surface area contributed by atoms with E-state index in [1.807, 2.05) is 24.3 Å². The van der Waals surface area contributed by atoms with Crippen LogP contribution < -0.4 is 10.5 Å². The molecule has 0 aliphatic carbocycles. The fourth-order valence-corrected chi connectivity index (χ4v) is 3.02. The molecule has 2 rings (SSSR count). The minimum atomic E-state index is 0.527. The molecule has 0 spiro atoms. The first-order valence-corrected chi connectivity index (χ1v) is 8.30. The van der Waals surface area contributed by atoms with Crippen molar-refractivity contribution in [3.63, 3.8) is 0 Å². The number of thiocarbonyl (C=S) groups is 1. The number of hydrogen-bond acceptors (Lipinski definition) is 3. The van der Waals surface area contributed by atoms with Crippen LogP contribution in [0.5, 0.6) is 5.75 Å². The van der Waals surface area contributed by atoms with E-state index < -0.39 is 0 Å². The lowest BCUT2D eigenvalue weighted by atomic mass is 10.1. The van der Waals surface area contributed by atoms with Crippen molar-refractivity contribution in [2.24, 2.45) is 5.73 Å². The molecule has 1 aliphatic rings. The predicted octanol–water partition coefficient (Wildman–Crippen LogP) is 3.16. The molecular formula is C17H26N2OS. The van der Waals surface area contributed by atoms with Gasteiger partial charge in [-0.15, -0.1) is 0 Å². The average Bonchev–Trinajstić information content (AvgIpc) is 2.65. The summed E-state index contributed by atoms with van der Waals surface area (Å²) in [7, 11) is 0.